The Morgan fingerprint density at radius 3 is 2.83 bits per heavy atom. The molecule has 3 rings (SSSR count). The lowest BCUT2D eigenvalue weighted by molar-refractivity contribution is 0.418. The molecule has 0 bridgehead atoms. The molecule has 0 spiro atoms. The van der Waals surface area contributed by atoms with Crippen LogP contribution in [0.1, 0.15) is 24.1 Å². The van der Waals surface area contributed by atoms with E-state index in [9.17, 15) is 0 Å². The molecule has 6 nitrogen and oxygen atoms in total. The molecule has 0 fully saturated rings. The van der Waals surface area contributed by atoms with E-state index < -0.39 is 0 Å². The summed E-state index contributed by atoms with van der Waals surface area (Å²) in [5.74, 6) is 2.15. The van der Waals surface area contributed by atoms with Crippen molar-refractivity contribution in [3.05, 3.63) is 47.7 Å². The van der Waals surface area contributed by atoms with Gasteiger partial charge in [0.25, 0.3) is 5.89 Å². The Morgan fingerprint density at radius 1 is 1.30 bits per heavy atom. The first kappa shape index (κ1) is 15.4. The Labute approximate surface area is 135 Å². The highest BCUT2D eigenvalue weighted by atomic mass is 16.5. The fourth-order valence-electron chi connectivity index (χ4n) is 2.64. The van der Waals surface area contributed by atoms with Crippen molar-refractivity contribution in [1.29, 1.82) is 0 Å². The molecule has 0 radical (unpaired) electrons. The quantitative estimate of drug-likeness (QED) is 0.784. The summed E-state index contributed by atoms with van der Waals surface area (Å²) >= 11 is 0. The lowest BCUT2D eigenvalue weighted by atomic mass is 10.2. The minimum absolute atomic E-state index is 0.307. The van der Waals surface area contributed by atoms with Crippen molar-refractivity contribution < 1.29 is 4.52 Å². The highest BCUT2D eigenvalue weighted by Gasteiger charge is 2.18. The van der Waals surface area contributed by atoms with Gasteiger partial charge in [0.2, 0.25) is 0 Å². The molecule has 3 aromatic heterocycles. The largest absolute Gasteiger partial charge is 0.334 e. The highest BCUT2D eigenvalue weighted by Crippen LogP contribution is 2.27. The maximum atomic E-state index is 5.46. The van der Waals surface area contributed by atoms with Gasteiger partial charge in [0.05, 0.1) is 5.56 Å². The monoisotopic (exact) mass is 311 g/mol. The van der Waals surface area contributed by atoms with Gasteiger partial charge >= 0.3 is 0 Å². The molecule has 1 N–H and O–H groups in total. The second-order valence-electron chi connectivity index (χ2n) is 5.72. The predicted octanol–water partition coefficient (Wildman–Crippen LogP) is 2.69. The van der Waals surface area contributed by atoms with Gasteiger partial charge in [-0.05, 0) is 46.0 Å². The zero-order chi connectivity index (χ0) is 16.4. The van der Waals surface area contributed by atoms with E-state index in [0.717, 1.165) is 29.2 Å². The SMILES string of the molecule is CNC(C)Cc1noc(-c2cc(C)n(-c3ccccn3)c2C)n1. The van der Waals surface area contributed by atoms with Gasteiger partial charge in [-0.2, -0.15) is 4.98 Å². The number of hydrogen-bond donors (Lipinski definition) is 1. The third kappa shape index (κ3) is 3.03. The van der Waals surface area contributed by atoms with Crippen LogP contribution in [0, 0.1) is 13.8 Å². The Bertz CT molecular complexity index is 791. The van der Waals surface area contributed by atoms with Crippen molar-refractivity contribution >= 4 is 0 Å². The number of likely N-dealkylation sites (N-methyl/N-ethyl adjacent to an activating group) is 1. The molecule has 0 saturated carbocycles. The number of rotatable bonds is 5. The van der Waals surface area contributed by atoms with E-state index in [-0.39, 0.29) is 0 Å². The Balaban J connectivity index is 1.96. The maximum Gasteiger partial charge on any atom is 0.259 e. The van der Waals surface area contributed by atoms with Crippen LogP contribution >= 0.6 is 0 Å². The molecule has 0 aliphatic heterocycles. The first-order chi connectivity index (χ1) is 11.1. The third-order valence-corrected chi connectivity index (χ3v) is 3.99. The summed E-state index contributed by atoms with van der Waals surface area (Å²) in [7, 11) is 1.92. The normalized spacial score (nSPS) is 12.5. The van der Waals surface area contributed by atoms with Crippen molar-refractivity contribution in [3.8, 4) is 17.3 Å². The lowest BCUT2D eigenvalue weighted by Gasteiger charge is -2.07. The van der Waals surface area contributed by atoms with Crippen LogP contribution in [0.15, 0.2) is 35.0 Å². The summed E-state index contributed by atoms with van der Waals surface area (Å²) in [6, 6.07) is 8.23. The number of nitrogens with one attached hydrogen (secondary N) is 1. The fraction of sp³-hybridized carbons (Fsp3) is 0.353. The molecule has 3 heterocycles. The summed E-state index contributed by atoms with van der Waals surface area (Å²) in [5, 5.41) is 7.26. The summed E-state index contributed by atoms with van der Waals surface area (Å²) in [4.78, 5) is 8.95. The Hall–Kier alpha value is -2.47. The van der Waals surface area contributed by atoms with Crippen LogP contribution in [-0.4, -0.2) is 32.8 Å². The molecule has 0 aliphatic rings. The van der Waals surface area contributed by atoms with Crippen molar-refractivity contribution in [1.82, 2.24) is 25.0 Å². The van der Waals surface area contributed by atoms with Crippen LogP contribution in [0.5, 0.6) is 0 Å². The van der Waals surface area contributed by atoms with E-state index in [0.29, 0.717) is 17.8 Å². The van der Waals surface area contributed by atoms with Crippen molar-refractivity contribution in [3.63, 3.8) is 0 Å². The Morgan fingerprint density at radius 2 is 2.13 bits per heavy atom. The highest BCUT2D eigenvalue weighted by molar-refractivity contribution is 5.60. The molecule has 0 aromatic carbocycles. The number of nitrogens with zero attached hydrogens (tertiary/aromatic N) is 4. The predicted molar refractivity (Wildman–Crippen MR) is 88.6 cm³/mol. The second-order valence-corrected chi connectivity index (χ2v) is 5.72. The maximum absolute atomic E-state index is 5.46. The van der Waals surface area contributed by atoms with Crippen molar-refractivity contribution in [2.24, 2.45) is 0 Å². The number of hydrogen-bond acceptors (Lipinski definition) is 5. The number of pyridine rings is 1. The van der Waals surface area contributed by atoms with Gasteiger partial charge < -0.3 is 14.4 Å². The third-order valence-electron chi connectivity index (χ3n) is 3.99. The minimum Gasteiger partial charge on any atom is -0.334 e. The molecular weight excluding hydrogens is 290 g/mol. The topological polar surface area (TPSA) is 68.8 Å². The molecule has 1 atom stereocenters. The molecule has 3 aromatic rings. The van der Waals surface area contributed by atoms with Gasteiger partial charge in [-0.15, -0.1) is 0 Å². The number of aromatic nitrogens is 4. The molecule has 120 valence electrons. The van der Waals surface area contributed by atoms with Crippen LogP contribution in [0.2, 0.25) is 0 Å². The zero-order valence-electron chi connectivity index (χ0n) is 13.9. The van der Waals surface area contributed by atoms with Gasteiger partial charge in [-0.25, -0.2) is 4.98 Å². The molecule has 23 heavy (non-hydrogen) atoms. The summed E-state index contributed by atoms with van der Waals surface area (Å²) < 4.78 is 7.55. The second kappa shape index (κ2) is 6.34. The van der Waals surface area contributed by atoms with E-state index in [1.807, 2.05) is 39.1 Å². The van der Waals surface area contributed by atoms with Gasteiger partial charge in [0, 0.05) is 30.0 Å². The zero-order valence-corrected chi connectivity index (χ0v) is 13.9. The average Bonchev–Trinajstić information content (AvgIpc) is 3.12. The molecule has 1 unspecified atom stereocenters. The smallest absolute Gasteiger partial charge is 0.259 e. The molecule has 0 aliphatic carbocycles. The molecular formula is C17H21N5O. The van der Waals surface area contributed by atoms with E-state index in [4.69, 9.17) is 4.52 Å². The minimum atomic E-state index is 0.307. The van der Waals surface area contributed by atoms with Crippen LogP contribution in [0.4, 0.5) is 0 Å². The average molecular weight is 311 g/mol. The standard InChI is InChI=1S/C17H21N5O/c1-11(18-4)9-15-20-17(23-21-15)14-10-12(2)22(13(14)3)16-7-5-6-8-19-16/h5-8,10-11,18H,9H2,1-4H3. The van der Waals surface area contributed by atoms with Crippen LogP contribution in [0.3, 0.4) is 0 Å². The number of aryl methyl sites for hydroxylation is 1. The fourth-order valence-corrected chi connectivity index (χ4v) is 2.64. The molecule has 0 saturated heterocycles. The van der Waals surface area contributed by atoms with Crippen LogP contribution < -0.4 is 5.32 Å². The first-order valence-corrected chi connectivity index (χ1v) is 7.70. The van der Waals surface area contributed by atoms with Crippen molar-refractivity contribution in [2.45, 2.75) is 33.2 Å². The first-order valence-electron chi connectivity index (χ1n) is 7.70. The van der Waals surface area contributed by atoms with Gasteiger partial charge in [0.1, 0.15) is 5.82 Å². The summed E-state index contributed by atoms with van der Waals surface area (Å²) in [6.07, 6.45) is 2.52. The Kier molecular flexibility index (Phi) is 4.25. The van der Waals surface area contributed by atoms with Crippen LogP contribution in [-0.2, 0) is 6.42 Å². The van der Waals surface area contributed by atoms with E-state index in [1.165, 1.54) is 0 Å². The lowest BCUT2D eigenvalue weighted by Crippen LogP contribution is -2.24. The summed E-state index contributed by atoms with van der Waals surface area (Å²) in [5.41, 5.74) is 3.07. The summed E-state index contributed by atoms with van der Waals surface area (Å²) in [6.45, 7) is 6.17. The van der Waals surface area contributed by atoms with E-state index >= 15 is 0 Å². The van der Waals surface area contributed by atoms with E-state index in [2.05, 4.69) is 38.0 Å². The van der Waals surface area contributed by atoms with Crippen molar-refractivity contribution in [2.75, 3.05) is 7.05 Å². The molecule has 0 amide bonds. The van der Waals surface area contributed by atoms with Gasteiger partial charge in [0.15, 0.2) is 5.82 Å². The van der Waals surface area contributed by atoms with Gasteiger partial charge in [-0.1, -0.05) is 11.2 Å². The van der Waals surface area contributed by atoms with E-state index in [1.54, 1.807) is 6.20 Å². The van der Waals surface area contributed by atoms with Crippen LogP contribution in [0.25, 0.3) is 17.3 Å². The van der Waals surface area contributed by atoms with Gasteiger partial charge in [-0.3, -0.25) is 0 Å². The molecule has 6 heteroatoms.